The SMILES string of the molecule is CC(NC(=O)OC(C)(C)C)c1ccc(B2OC(C)(C)C(C)(C)O2)c(F)c1C(F)F. The van der Waals surface area contributed by atoms with E-state index in [1.165, 1.54) is 19.1 Å². The van der Waals surface area contributed by atoms with Crippen LogP contribution < -0.4 is 10.8 Å². The summed E-state index contributed by atoms with van der Waals surface area (Å²) in [5.41, 5.74) is -3.16. The summed E-state index contributed by atoms with van der Waals surface area (Å²) in [6, 6.07) is 1.81. The van der Waals surface area contributed by atoms with Gasteiger partial charge in [0.15, 0.2) is 0 Å². The molecule has 1 aliphatic heterocycles. The Morgan fingerprint density at radius 2 is 1.66 bits per heavy atom. The van der Waals surface area contributed by atoms with Crippen LogP contribution in [-0.4, -0.2) is 30.0 Å². The molecule has 1 N–H and O–H groups in total. The molecule has 1 aromatic rings. The van der Waals surface area contributed by atoms with Crippen molar-refractivity contribution in [3.63, 3.8) is 0 Å². The highest BCUT2D eigenvalue weighted by Gasteiger charge is 2.52. The molecule has 2 rings (SSSR count). The fourth-order valence-corrected chi connectivity index (χ4v) is 2.94. The summed E-state index contributed by atoms with van der Waals surface area (Å²) < 4.78 is 59.4. The van der Waals surface area contributed by atoms with Gasteiger partial charge < -0.3 is 19.4 Å². The Labute approximate surface area is 170 Å². The maximum atomic E-state index is 15.1. The number of carbonyl (C=O) groups excluding carboxylic acids is 1. The lowest BCUT2D eigenvalue weighted by molar-refractivity contribution is 0.00578. The van der Waals surface area contributed by atoms with Crippen molar-refractivity contribution >= 4 is 18.7 Å². The highest BCUT2D eigenvalue weighted by Crippen LogP contribution is 2.37. The number of halogens is 3. The van der Waals surface area contributed by atoms with Crippen LogP contribution in [-0.2, 0) is 14.0 Å². The van der Waals surface area contributed by atoms with E-state index in [2.05, 4.69) is 5.32 Å². The largest absolute Gasteiger partial charge is 0.497 e. The molecule has 1 aromatic carbocycles. The zero-order valence-corrected chi connectivity index (χ0v) is 18.2. The van der Waals surface area contributed by atoms with Crippen LogP contribution >= 0.6 is 0 Å². The minimum absolute atomic E-state index is 0.0383. The van der Waals surface area contributed by atoms with E-state index < -0.39 is 53.9 Å². The van der Waals surface area contributed by atoms with Crippen LogP contribution in [0.25, 0.3) is 0 Å². The van der Waals surface area contributed by atoms with Crippen molar-refractivity contribution in [3.8, 4) is 0 Å². The fourth-order valence-electron chi connectivity index (χ4n) is 2.94. The predicted molar refractivity (Wildman–Crippen MR) is 105 cm³/mol. The zero-order chi connectivity index (χ0) is 22.4. The number of amides is 1. The van der Waals surface area contributed by atoms with Gasteiger partial charge in [0.25, 0.3) is 6.43 Å². The molecule has 0 radical (unpaired) electrons. The van der Waals surface area contributed by atoms with Crippen LogP contribution in [0.3, 0.4) is 0 Å². The Kier molecular flexibility index (Phi) is 6.36. The van der Waals surface area contributed by atoms with E-state index in [4.69, 9.17) is 14.0 Å². The fraction of sp³-hybridized carbons (Fsp3) is 0.650. The predicted octanol–water partition coefficient (Wildman–Crippen LogP) is 4.65. The van der Waals surface area contributed by atoms with E-state index in [-0.39, 0.29) is 11.0 Å². The van der Waals surface area contributed by atoms with Gasteiger partial charge in [0, 0.05) is 5.46 Å². The number of rotatable bonds is 4. The summed E-state index contributed by atoms with van der Waals surface area (Å²) in [6.45, 7) is 13.7. The van der Waals surface area contributed by atoms with Gasteiger partial charge in [-0.15, -0.1) is 0 Å². The molecule has 1 atom stereocenters. The Balaban J connectivity index is 2.35. The van der Waals surface area contributed by atoms with E-state index >= 15 is 4.39 Å². The standard InChI is InChI=1S/C20H29BF3NO4/c1-11(25-17(26)27-18(2,3)4)12-9-10-13(15(22)14(12)16(23)24)21-28-19(5,6)20(7,8)29-21/h9-11,16H,1-8H3,(H,25,26). The Hall–Kier alpha value is -1.74. The zero-order valence-electron chi connectivity index (χ0n) is 18.2. The number of hydrogen-bond acceptors (Lipinski definition) is 4. The van der Waals surface area contributed by atoms with Gasteiger partial charge in [-0.25, -0.2) is 18.0 Å². The molecule has 29 heavy (non-hydrogen) atoms. The lowest BCUT2D eigenvalue weighted by atomic mass is 9.76. The smallest absolute Gasteiger partial charge is 0.444 e. The Bertz CT molecular complexity index is 762. The second-order valence-electron chi connectivity index (χ2n) is 9.23. The number of hydrogen-bond donors (Lipinski definition) is 1. The second-order valence-corrected chi connectivity index (χ2v) is 9.23. The van der Waals surface area contributed by atoms with Crippen LogP contribution in [0.5, 0.6) is 0 Å². The number of benzene rings is 1. The molecule has 162 valence electrons. The average Bonchev–Trinajstić information content (AvgIpc) is 2.72. The van der Waals surface area contributed by atoms with Crippen molar-refractivity contribution in [3.05, 3.63) is 29.1 Å². The molecule has 1 fully saturated rings. The summed E-state index contributed by atoms with van der Waals surface area (Å²) in [4.78, 5) is 12.0. The summed E-state index contributed by atoms with van der Waals surface area (Å²) in [6.07, 6.45) is -3.86. The van der Waals surface area contributed by atoms with Gasteiger partial charge in [-0.05, 0) is 61.0 Å². The first-order chi connectivity index (χ1) is 13.1. The van der Waals surface area contributed by atoms with Crippen LogP contribution in [0.15, 0.2) is 12.1 Å². The van der Waals surface area contributed by atoms with E-state index in [1.807, 2.05) is 0 Å². The molecular formula is C20H29BF3NO4. The molecule has 9 heteroatoms. The highest BCUT2D eigenvalue weighted by molar-refractivity contribution is 6.62. The van der Waals surface area contributed by atoms with Crippen molar-refractivity contribution < 1.29 is 32.0 Å². The molecule has 1 saturated heterocycles. The molecule has 0 saturated carbocycles. The third-order valence-corrected chi connectivity index (χ3v) is 5.17. The monoisotopic (exact) mass is 415 g/mol. The maximum Gasteiger partial charge on any atom is 0.497 e. The number of alkyl carbamates (subject to hydrolysis) is 1. The number of ether oxygens (including phenoxy) is 1. The van der Waals surface area contributed by atoms with E-state index in [0.717, 1.165) is 0 Å². The van der Waals surface area contributed by atoms with E-state index in [9.17, 15) is 13.6 Å². The first kappa shape index (κ1) is 23.5. The second kappa shape index (κ2) is 7.83. The van der Waals surface area contributed by atoms with Gasteiger partial charge in [-0.2, -0.15) is 0 Å². The van der Waals surface area contributed by atoms with Crippen molar-refractivity contribution in [2.75, 3.05) is 0 Å². The average molecular weight is 415 g/mol. The van der Waals surface area contributed by atoms with Crippen LogP contribution in [0.4, 0.5) is 18.0 Å². The summed E-state index contributed by atoms with van der Waals surface area (Å²) in [7, 11) is -1.11. The molecule has 0 spiro atoms. The lowest BCUT2D eigenvalue weighted by Gasteiger charge is -2.32. The van der Waals surface area contributed by atoms with Crippen molar-refractivity contribution in [1.82, 2.24) is 5.32 Å². The summed E-state index contributed by atoms with van der Waals surface area (Å²) >= 11 is 0. The first-order valence-corrected chi connectivity index (χ1v) is 9.51. The van der Waals surface area contributed by atoms with Crippen LogP contribution in [0.2, 0.25) is 0 Å². The summed E-state index contributed by atoms with van der Waals surface area (Å²) in [5.74, 6) is -1.10. The normalized spacial score (nSPS) is 19.4. The topological polar surface area (TPSA) is 56.8 Å². The first-order valence-electron chi connectivity index (χ1n) is 9.51. The lowest BCUT2D eigenvalue weighted by Crippen LogP contribution is -2.41. The van der Waals surface area contributed by atoms with Crippen molar-refractivity contribution in [1.29, 1.82) is 0 Å². The number of carbonyl (C=O) groups is 1. The Morgan fingerprint density at radius 3 is 2.10 bits per heavy atom. The van der Waals surface area contributed by atoms with Crippen molar-refractivity contribution in [2.24, 2.45) is 0 Å². The molecular weight excluding hydrogens is 386 g/mol. The minimum atomic E-state index is -3.09. The number of nitrogens with one attached hydrogen (secondary N) is 1. The molecule has 1 amide bonds. The van der Waals surface area contributed by atoms with E-state index in [0.29, 0.717) is 0 Å². The minimum Gasteiger partial charge on any atom is -0.444 e. The number of alkyl halides is 2. The van der Waals surface area contributed by atoms with Crippen molar-refractivity contribution in [2.45, 2.75) is 84.7 Å². The van der Waals surface area contributed by atoms with Crippen LogP contribution in [0.1, 0.15) is 79.0 Å². The molecule has 1 aliphatic rings. The van der Waals surface area contributed by atoms with Gasteiger partial charge in [0.1, 0.15) is 11.4 Å². The molecule has 0 aromatic heterocycles. The van der Waals surface area contributed by atoms with Gasteiger partial charge in [0.05, 0.1) is 22.8 Å². The van der Waals surface area contributed by atoms with Gasteiger partial charge >= 0.3 is 13.2 Å². The summed E-state index contributed by atoms with van der Waals surface area (Å²) in [5, 5.41) is 2.47. The molecule has 1 heterocycles. The molecule has 0 bridgehead atoms. The quantitative estimate of drug-likeness (QED) is 0.728. The highest BCUT2D eigenvalue weighted by atomic mass is 19.3. The van der Waals surface area contributed by atoms with Gasteiger partial charge in [-0.1, -0.05) is 12.1 Å². The third-order valence-electron chi connectivity index (χ3n) is 5.17. The van der Waals surface area contributed by atoms with E-state index in [1.54, 1.807) is 48.5 Å². The van der Waals surface area contributed by atoms with Crippen LogP contribution in [0, 0.1) is 5.82 Å². The molecule has 1 unspecified atom stereocenters. The molecule has 0 aliphatic carbocycles. The maximum absolute atomic E-state index is 15.1. The third kappa shape index (κ3) is 5.06. The van der Waals surface area contributed by atoms with Gasteiger partial charge in [-0.3, -0.25) is 0 Å². The Morgan fingerprint density at radius 1 is 1.14 bits per heavy atom. The van der Waals surface area contributed by atoms with Gasteiger partial charge in [0.2, 0.25) is 0 Å². The molecule has 5 nitrogen and oxygen atoms in total.